The number of sulfone groups is 1. The topological polar surface area (TPSA) is 51.2 Å². The van der Waals surface area contributed by atoms with E-state index in [-0.39, 0.29) is 17.0 Å². The highest BCUT2D eigenvalue weighted by molar-refractivity contribution is 7.91. The van der Waals surface area contributed by atoms with Gasteiger partial charge in [-0.3, -0.25) is 4.79 Å². The summed E-state index contributed by atoms with van der Waals surface area (Å²) >= 11 is 0. The van der Waals surface area contributed by atoms with Crippen LogP contribution in [0.25, 0.3) is 0 Å². The fraction of sp³-hybridized carbons (Fsp3) is 0.727. The zero-order valence-electron chi connectivity index (χ0n) is 9.32. The lowest BCUT2D eigenvalue weighted by Gasteiger charge is -2.26. The number of ketones is 1. The molecule has 86 valence electrons. The third-order valence-corrected chi connectivity index (χ3v) is 4.66. The Balaban J connectivity index is 2.73. The van der Waals surface area contributed by atoms with Crippen molar-refractivity contribution < 1.29 is 13.2 Å². The third-order valence-electron chi connectivity index (χ3n) is 3.02. The summed E-state index contributed by atoms with van der Waals surface area (Å²) in [5, 5.41) is -0.334. The first-order valence-corrected chi connectivity index (χ1v) is 7.16. The average Bonchev–Trinajstić information content (AvgIpc) is 2.15. The number of carbonyl (C=O) groups is 1. The first kappa shape index (κ1) is 12.4. The van der Waals surface area contributed by atoms with E-state index in [1.807, 2.05) is 0 Å². The van der Waals surface area contributed by atoms with Crippen LogP contribution in [0.2, 0.25) is 0 Å². The van der Waals surface area contributed by atoms with Gasteiger partial charge in [-0.15, -0.1) is 0 Å². The van der Waals surface area contributed by atoms with Gasteiger partial charge in [-0.25, -0.2) is 8.42 Å². The van der Waals surface area contributed by atoms with Crippen LogP contribution in [-0.2, 0) is 14.6 Å². The molecule has 2 unspecified atom stereocenters. The number of rotatable bonds is 3. The molecule has 0 saturated heterocycles. The monoisotopic (exact) mass is 230 g/mol. The van der Waals surface area contributed by atoms with Gasteiger partial charge >= 0.3 is 0 Å². The van der Waals surface area contributed by atoms with E-state index in [1.165, 1.54) is 6.26 Å². The van der Waals surface area contributed by atoms with Crippen molar-refractivity contribution in [1.82, 2.24) is 0 Å². The van der Waals surface area contributed by atoms with Crippen LogP contribution in [0.1, 0.15) is 32.6 Å². The van der Waals surface area contributed by atoms with Gasteiger partial charge in [0.15, 0.2) is 5.78 Å². The smallest absolute Gasteiger partial charge is 0.161 e. The first-order valence-electron chi connectivity index (χ1n) is 5.21. The van der Waals surface area contributed by atoms with Crippen LogP contribution >= 0.6 is 0 Å². The summed E-state index contributed by atoms with van der Waals surface area (Å²) in [5.74, 6) is -0.0978. The van der Waals surface area contributed by atoms with Crippen molar-refractivity contribution in [2.24, 2.45) is 5.92 Å². The van der Waals surface area contributed by atoms with E-state index in [0.29, 0.717) is 18.4 Å². The van der Waals surface area contributed by atoms with Crippen molar-refractivity contribution in [1.29, 1.82) is 0 Å². The number of hydrogen-bond acceptors (Lipinski definition) is 3. The second-order valence-corrected chi connectivity index (χ2v) is 6.79. The Morgan fingerprint density at radius 3 is 2.40 bits per heavy atom. The van der Waals surface area contributed by atoms with Gasteiger partial charge in [0.2, 0.25) is 0 Å². The van der Waals surface area contributed by atoms with Gasteiger partial charge in [0.1, 0.15) is 9.84 Å². The molecule has 0 bridgehead atoms. The lowest BCUT2D eigenvalue weighted by Crippen LogP contribution is -2.31. The van der Waals surface area contributed by atoms with Gasteiger partial charge in [-0.1, -0.05) is 13.0 Å². The summed E-state index contributed by atoms with van der Waals surface area (Å²) in [6, 6.07) is 0. The molecule has 1 saturated carbocycles. The zero-order chi connectivity index (χ0) is 11.6. The summed E-state index contributed by atoms with van der Waals surface area (Å²) in [6.45, 7) is 5.31. The molecule has 0 aromatic rings. The molecule has 0 N–H and O–H groups in total. The van der Waals surface area contributed by atoms with Crippen molar-refractivity contribution in [3.05, 3.63) is 12.2 Å². The standard InChI is InChI=1S/C11H18O3S/c1-8(2)11(12)9-5-4-6-10(7-9)15(3,13)14/h9-10H,1,4-7H2,2-3H3. The molecule has 1 aliphatic carbocycles. The van der Waals surface area contributed by atoms with Gasteiger partial charge in [0, 0.05) is 12.2 Å². The highest BCUT2D eigenvalue weighted by Gasteiger charge is 2.32. The number of Topliss-reactive ketones (excluding diaryl/α,β-unsaturated/α-hetero) is 1. The van der Waals surface area contributed by atoms with Gasteiger partial charge < -0.3 is 0 Å². The van der Waals surface area contributed by atoms with Crippen LogP contribution in [0.15, 0.2) is 12.2 Å². The van der Waals surface area contributed by atoms with E-state index < -0.39 is 9.84 Å². The number of allylic oxidation sites excluding steroid dienone is 1. The fourth-order valence-corrected chi connectivity index (χ4v) is 3.30. The maximum atomic E-state index is 11.7. The first-order chi connectivity index (χ1) is 6.82. The van der Waals surface area contributed by atoms with E-state index in [2.05, 4.69) is 6.58 Å². The molecule has 0 spiro atoms. The van der Waals surface area contributed by atoms with Crippen LogP contribution in [0.4, 0.5) is 0 Å². The largest absolute Gasteiger partial charge is 0.294 e. The Bertz CT molecular complexity index is 367. The van der Waals surface area contributed by atoms with E-state index in [0.717, 1.165) is 12.8 Å². The number of carbonyl (C=O) groups excluding carboxylic acids is 1. The maximum Gasteiger partial charge on any atom is 0.161 e. The Hall–Kier alpha value is -0.640. The van der Waals surface area contributed by atoms with E-state index in [9.17, 15) is 13.2 Å². The van der Waals surface area contributed by atoms with Crippen LogP contribution < -0.4 is 0 Å². The average molecular weight is 230 g/mol. The van der Waals surface area contributed by atoms with Crippen LogP contribution in [0, 0.1) is 5.92 Å². The minimum absolute atomic E-state index is 0.0309. The predicted molar refractivity (Wildman–Crippen MR) is 60.4 cm³/mol. The molecule has 0 aromatic heterocycles. The molecule has 0 aliphatic heterocycles. The Morgan fingerprint density at radius 1 is 1.33 bits per heavy atom. The maximum absolute atomic E-state index is 11.7. The molecule has 3 nitrogen and oxygen atoms in total. The zero-order valence-corrected chi connectivity index (χ0v) is 10.1. The summed E-state index contributed by atoms with van der Waals surface area (Å²) in [4.78, 5) is 11.7. The molecule has 2 atom stereocenters. The van der Waals surface area contributed by atoms with E-state index in [4.69, 9.17) is 0 Å². The minimum atomic E-state index is -3.00. The molecule has 1 rings (SSSR count). The van der Waals surface area contributed by atoms with Crippen molar-refractivity contribution >= 4 is 15.6 Å². The quantitative estimate of drug-likeness (QED) is 0.694. The molecule has 0 radical (unpaired) electrons. The van der Waals surface area contributed by atoms with Gasteiger partial charge in [0.25, 0.3) is 0 Å². The molecular formula is C11H18O3S. The van der Waals surface area contributed by atoms with Crippen molar-refractivity contribution in [2.45, 2.75) is 37.9 Å². The molecule has 0 aromatic carbocycles. The van der Waals surface area contributed by atoms with Crippen molar-refractivity contribution in [3.63, 3.8) is 0 Å². The Kier molecular flexibility index (Phi) is 3.71. The second-order valence-electron chi connectivity index (χ2n) is 4.46. The highest BCUT2D eigenvalue weighted by atomic mass is 32.2. The molecule has 4 heteroatoms. The lowest BCUT2D eigenvalue weighted by molar-refractivity contribution is -0.119. The van der Waals surface area contributed by atoms with Gasteiger partial charge in [-0.05, 0) is 31.8 Å². The summed E-state index contributed by atoms with van der Waals surface area (Å²) in [5.41, 5.74) is 0.536. The molecule has 0 amide bonds. The van der Waals surface area contributed by atoms with Gasteiger partial charge in [0.05, 0.1) is 5.25 Å². The van der Waals surface area contributed by atoms with Crippen LogP contribution in [0.5, 0.6) is 0 Å². The van der Waals surface area contributed by atoms with Crippen molar-refractivity contribution in [3.8, 4) is 0 Å². The van der Waals surface area contributed by atoms with Gasteiger partial charge in [-0.2, -0.15) is 0 Å². The third kappa shape index (κ3) is 3.16. The van der Waals surface area contributed by atoms with Crippen LogP contribution in [-0.4, -0.2) is 25.7 Å². The second kappa shape index (κ2) is 4.47. The summed E-state index contributed by atoms with van der Waals surface area (Å²) < 4.78 is 22.8. The van der Waals surface area contributed by atoms with Crippen LogP contribution in [0.3, 0.4) is 0 Å². The number of hydrogen-bond donors (Lipinski definition) is 0. The molecule has 1 aliphatic rings. The molecular weight excluding hydrogens is 212 g/mol. The molecule has 1 fully saturated rings. The summed E-state index contributed by atoms with van der Waals surface area (Å²) in [7, 11) is -3.00. The minimum Gasteiger partial charge on any atom is -0.294 e. The van der Waals surface area contributed by atoms with E-state index in [1.54, 1.807) is 6.92 Å². The Labute approximate surface area is 91.5 Å². The molecule has 15 heavy (non-hydrogen) atoms. The highest BCUT2D eigenvalue weighted by Crippen LogP contribution is 2.30. The SMILES string of the molecule is C=C(C)C(=O)C1CCCC(S(C)(=O)=O)C1. The normalized spacial score (nSPS) is 27.3. The molecule has 0 heterocycles. The Morgan fingerprint density at radius 2 is 1.93 bits per heavy atom. The predicted octanol–water partition coefficient (Wildman–Crippen LogP) is 1.74. The van der Waals surface area contributed by atoms with Crippen molar-refractivity contribution in [2.75, 3.05) is 6.26 Å². The lowest BCUT2D eigenvalue weighted by atomic mass is 9.84. The fourth-order valence-electron chi connectivity index (χ4n) is 2.12. The van der Waals surface area contributed by atoms with E-state index >= 15 is 0 Å². The summed E-state index contributed by atoms with van der Waals surface area (Å²) in [6.07, 6.45) is 4.05.